The van der Waals surface area contributed by atoms with Crippen molar-refractivity contribution in [2.45, 2.75) is 39.2 Å². The predicted octanol–water partition coefficient (Wildman–Crippen LogP) is 4.37. The zero-order chi connectivity index (χ0) is 22.8. The minimum atomic E-state index is -0.195. The molecule has 1 aliphatic heterocycles. The van der Waals surface area contributed by atoms with Crippen LogP contribution in [0.1, 0.15) is 37.6 Å². The Morgan fingerprint density at radius 3 is 2.53 bits per heavy atom. The Labute approximate surface area is 187 Å². The second kappa shape index (κ2) is 8.90. The van der Waals surface area contributed by atoms with Gasteiger partial charge < -0.3 is 23.6 Å². The Balaban J connectivity index is 1.56. The van der Waals surface area contributed by atoms with Crippen LogP contribution < -0.4 is 19.1 Å². The van der Waals surface area contributed by atoms with Gasteiger partial charge in [-0.2, -0.15) is 4.98 Å². The second-order valence-corrected chi connectivity index (χ2v) is 8.07. The number of amides is 1. The summed E-state index contributed by atoms with van der Waals surface area (Å²) in [6.45, 7) is 6.34. The van der Waals surface area contributed by atoms with Crippen molar-refractivity contribution in [3.63, 3.8) is 0 Å². The molecule has 4 rings (SSSR count). The highest BCUT2D eigenvalue weighted by molar-refractivity contribution is 5.97. The van der Waals surface area contributed by atoms with Crippen LogP contribution >= 0.6 is 0 Å². The molecule has 0 N–H and O–H groups in total. The highest BCUT2D eigenvalue weighted by Crippen LogP contribution is 2.38. The number of aryl methyl sites for hydroxylation is 1. The summed E-state index contributed by atoms with van der Waals surface area (Å²) in [5.41, 5.74) is 2.55. The molecular formula is C24H27N3O5. The van der Waals surface area contributed by atoms with Crippen LogP contribution in [0.15, 0.2) is 40.9 Å². The van der Waals surface area contributed by atoms with Crippen molar-refractivity contribution in [2.75, 3.05) is 25.7 Å². The Kier molecular flexibility index (Phi) is 6.03. The largest absolute Gasteiger partial charge is 0.495 e. The van der Waals surface area contributed by atoms with Gasteiger partial charge in [0.2, 0.25) is 17.6 Å². The van der Waals surface area contributed by atoms with Crippen LogP contribution in [0.2, 0.25) is 0 Å². The fraction of sp³-hybridized carbons (Fsp3) is 0.375. The first-order chi connectivity index (χ1) is 15.4. The zero-order valence-corrected chi connectivity index (χ0v) is 18.9. The van der Waals surface area contributed by atoms with E-state index in [1.54, 1.807) is 19.1 Å². The van der Waals surface area contributed by atoms with Crippen molar-refractivity contribution in [1.29, 1.82) is 0 Å². The number of hydrogen-bond donors (Lipinski definition) is 0. The molecule has 0 radical (unpaired) electrons. The molecule has 1 amide bonds. The van der Waals surface area contributed by atoms with E-state index in [1.807, 2.05) is 57.2 Å². The van der Waals surface area contributed by atoms with Gasteiger partial charge in [-0.05, 0) is 56.7 Å². The standard InChI is InChI=1S/C24H27N3O5/c1-14(2)31-20-9-7-16(11-21(20)30-5)23-25-24(32-26-23)17-12-22(28)27(13-17)18-10-15(3)6-8-19(18)29-4/h6-11,14,17H,12-13H2,1-5H3. The molecule has 8 nitrogen and oxygen atoms in total. The third-order valence-electron chi connectivity index (χ3n) is 5.33. The Bertz CT molecular complexity index is 1120. The summed E-state index contributed by atoms with van der Waals surface area (Å²) in [5.74, 6) is 2.58. The lowest BCUT2D eigenvalue weighted by molar-refractivity contribution is -0.117. The van der Waals surface area contributed by atoms with Crippen LogP contribution in [0.4, 0.5) is 5.69 Å². The van der Waals surface area contributed by atoms with Crippen molar-refractivity contribution in [3.05, 3.63) is 47.9 Å². The van der Waals surface area contributed by atoms with E-state index < -0.39 is 0 Å². The Morgan fingerprint density at radius 1 is 1.06 bits per heavy atom. The van der Waals surface area contributed by atoms with E-state index in [0.717, 1.165) is 16.8 Å². The number of aromatic nitrogens is 2. The van der Waals surface area contributed by atoms with E-state index in [9.17, 15) is 4.79 Å². The normalized spacial score (nSPS) is 16.0. The average molecular weight is 437 g/mol. The van der Waals surface area contributed by atoms with E-state index in [2.05, 4.69) is 10.1 Å². The topological polar surface area (TPSA) is 86.9 Å². The number of anilines is 1. The lowest BCUT2D eigenvalue weighted by Gasteiger charge is -2.19. The van der Waals surface area contributed by atoms with E-state index in [1.165, 1.54) is 0 Å². The number of carbonyl (C=O) groups is 1. The highest BCUT2D eigenvalue weighted by atomic mass is 16.5. The summed E-state index contributed by atoms with van der Waals surface area (Å²) in [7, 11) is 3.19. The van der Waals surface area contributed by atoms with Crippen LogP contribution in [-0.4, -0.2) is 42.9 Å². The van der Waals surface area contributed by atoms with Crippen LogP contribution in [0.5, 0.6) is 17.2 Å². The van der Waals surface area contributed by atoms with Crippen molar-refractivity contribution in [1.82, 2.24) is 10.1 Å². The number of methoxy groups -OCH3 is 2. The summed E-state index contributed by atoms with van der Waals surface area (Å²) in [4.78, 5) is 19.1. The molecule has 1 atom stereocenters. The summed E-state index contributed by atoms with van der Waals surface area (Å²) in [6, 6.07) is 11.3. The molecule has 0 spiro atoms. The number of benzene rings is 2. The highest BCUT2D eigenvalue weighted by Gasteiger charge is 2.36. The third-order valence-corrected chi connectivity index (χ3v) is 5.33. The fourth-order valence-corrected chi connectivity index (χ4v) is 3.79. The van der Waals surface area contributed by atoms with Gasteiger partial charge in [-0.3, -0.25) is 4.79 Å². The molecule has 0 bridgehead atoms. The first kappa shape index (κ1) is 21.7. The number of nitrogens with zero attached hydrogens (tertiary/aromatic N) is 3. The van der Waals surface area contributed by atoms with Gasteiger partial charge in [-0.25, -0.2) is 0 Å². The van der Waals surface area contributed by atoms with Crippen molar-refractivity contribution < 1.29 is 23.5 Å². The van der Waals surface area contributed by atoms with Gasteiger partial charge in [0.05, 0.1) is 31.9 Å². The van der Waals surface area contributed by atoms with Crippen LogP contribution in [0, 0.1) is 6.92 Å². The molecule has 2 heterocycles. The first-order valence-electron chi connectivity index (χ1n) is 10.5. The molecule has 1 fully saturated rings. The molecule has 3 aromatic rings. The van der Waals surface area contributed by atoms with Gasteiger partial charge in [0.15, 0.2) is 11.5 Å². The molecule has 0 aliphatic carbocycles. The average Bonchev–Trinajstić information content (AvgIpc) is 3.40. The monoisotopic (exact) mass is 437 g/mol. The summed E-state index contributed by atoms with van der Waals surface area (Å²) in [5, 5.41) is 4.13. The maximum atomic E-state index is 12.8. The number of ether oxygens (including phenoxy) is 3. The van der Waals surface area contributed by atoms with Crippen LogP contribution in [0.3, 0.4) is 0 Å². The SMILES string of the molecule is COc1cc(-c2noc(C3CC(=O)N(c4cc(C)ccc4OC)C3)n2)ccc1OC(C)C. The smallest absolute Gasteiger partial charge is 0.232 e. The molecule has 1 aromatic heterocycles. The fourth-order valence-electron chi connectivity index (χ4n) is 3.79. The molecule has 1 aliphatic rings. The second-order valence-electron chi connectivity index (χ2n) is 8.07. The third kappa shape index (κ3) is 4.26. The molecule has 32 heavy (non-hydrogen) atoms. The number of hydrogen-bond acceptors (Lipinski definition) is 7. The minimum absolute atomic E-state index is 0.00416. The molecule has 8 heteroatoms. The first-order valence-corrected chi connectivity index (χ1v) is 10.5. The van der Waals surface area contributed by atoms with E-state index in [4.69, 9.17) is 18.7 Å². The van der Waals surface area contributed by atoms with Gasteiger partial charge in [-0.15, -0.1) is 0 Å². The molecule has 1 saturated heterocycles. The Hall–Kier alpha value is -3.55. The van der Waals surface area contributed by atoms with Crippen molar-refractivity contribution in [2.24, 2.45) is 0 Å². The van der Waals surface area contributed by atoms with Gasteiger partial charge in [-0.1, -0.05) is 11.2 Å². The van der Waals surface area contributed by atoms with Crippen LogP contribution in [0.25, 0.3) is 11.4 Å². The van der Waals surface area contributed by atoms with Gasteiger partial charge >= 0.3 is 0 Å². The van der Waals surface area contributed by atoms with E-state index >= 15 is 0 Å². The van der Waals surface area contributed by atoms with E-state index in [0.29, 0.717) is 41.9 Å². The summed E-state index contributed by atoms with van der Waals surface area (Å²) < 4.78 is 22.2. The van der Waals surface area contributed by atoms with Crippen molar-refractivity contribution in [3.8, 4) is 28.6 Å². The predicted molar refractivity (Wildman–Crippen MR) is 119 cm³/mol. The van der Waals surface area contributed by atoms with Crippen LogP contribution in [-0.2, 0) is 4.79 Å². The number of rotatable bonds is 7. The van der Waals surface area contributed by atoms with Crippen molar-refractivity contribution >= 4 is 11.6 Å². The van der Waals surface area contributed by atoms with Gasteiger partial charge in [0, 0.05) is 18.5 Å². The molecule has 2 aromatic carbocycles. The molecular weight excluding hydrogens is 410 g/mol. The van der Waals surface area contributed by atoms with Gasteiger partial charge in [0.1, 0.15) is 5.75 Å². The zero-order valence-electron chi connectivity index (χ0n) is 18.9. The molecule has 168 valence electrons. The summed E-state index contributed by atoms with van der Waals surface area (Å²) in [6.07, 6.45) is 0.324. The maximum absolute atomic E-state index is 12.8. The minimum Gasteiger partial charge on any atom is -0.495 e. The maximum Gasteiger partial charge on any atom is 0.232 e. The molecule has 1 unspecified atom stereocenters. The lowest BCUT2D eigenvalue weighted by Crippen LogP contribution is -2.25. The van der Waals surface area contributed by atoms with Gasteiger partial charge in [0.25, 0.3) is 0 Å². The quantitative estimate of drug-likeness (QED) is 0.542. The number of carbonyl (C=O) groups excluding carboxylic acids is 1. The Morgan fingerprint density at radius 2 is 1.81 bits per heavy atom. The lowest BCUT2D eigenvalue weighted by atomic mass is 10.1. The summed E-state index contributed by atoms with van der Waals surface area (Å²) >= 11 is 0. The molecule has 0 saturated carbocycles. The van der Waals surface area contributed by atoms with E-state index in [-0.39, 0.29) is 17.9 Å².